The number of anilines is 2. The SMILES string of the molecule is Cc1cccc(NC(=O)c2cccc(N/N=C(\C#N)C(=N)N)c2)c1C. The van der Waals surface area contributed by atoms with Gasteiger partial charge in [0.05, 0.1) is 5.69 Å². The van der Waals surface area contributed by atoms with Crippen molar-refractivity contribution in [2.24, 2.45) is 10.8 Å². The van der Waals surface area contributed by atoms with E-state index in [1.807, 2.05) is 32.0 Å². The third-order valence-corrected chi connectivity index (χ3v) is 3.64. The van der Waals surface area contributed by atoms with Crippen molar-refractivity contribution in [3.8, 4) is 6.07 Å². The van der Waals surface area contributed by atoms with E-state index < -0.39 is 5.84 Å². The molecule has 0 radical (unpaired) electrons. The van der Waals surface area contributed by atoms with Gasteiger partial charge < -0.3 is 11.1 Å². The summed E-state index contributed by atoms with van der Waals surface area (Å²) in [5.41, 5.74) is 11.4. The van der Waals surface area contributed by atoms with Gasteiger partial charge in [0, 0.05) is 11.3 Å². The molecule has 2 aromatic carbocycles. The summed E-state index contributed by atoms with van der Waals surface area (Å²) < 4.78 is 0. The molecule has 0 heterocycles. The van der Waals surface area contributed by atoms with E-state index in [0.29, 0.717) is 11.3 Å². The first-order chi connectivity index (χ1) is 11.9. The molecule has 0 saturated heterocycles. The lowest BCUT2D eigenvalue weighted by atomic mass is 10.1. The molecule has 0 atom stereocenters. The molecule has 0 fully saturated rings. The molecule has 0 bridgehead atoms. The average Bonchev–Trinajstić information content (AvgIpc) is 2.59. The van der Waals surface area contributed by atoms with Crippen LogP contribution < -0.4 is 16.5 Å². The molecule has 5 N–H and O–H groups in total. The number of aryl methyl sites for hydroxylation is 1. The molecule has 0 spiro atoms. The van der Waals surface area contributed by atoms with E-state index in [4.69, 9.17) is 16.4 Å². The van der Waals surface area contributed by atoms with Crippen LogP contribution in [-0.4, -0.2) is 17.5 Å². The number of rotatable bonds is 5. The van der Waals surface area contributed by atoms with Gasteiger partial charge in [-0.3, -0.25) is 15.6 Å². The monoisotopic (exact) mass is 334 g/mol. The first kappa shape index (κ1) is 17.7. The van der Waals surface area contributed by atoms with Gasteiger partial charge in [0.25, 0.3) is 5.91 Å². The minimum atomic E-state index is -0.432. The molecule has 25 heavy (non-hydrogen) atoms. The normalized spacial score (nSPS) is 10.7. The molecule has 0 aromatic heterocycles. The predicted octanol–water partition coefficient (Wildman–Crippen LogP) is 2.78. The maximum atomic E-state index is 12.5. The number of hydrogen-bond acceptors (Lipinski definition) is 5. The Morgan fingerprint density at radius 1 is 1.24 bits per heavy atom. The summed E-state index contributed by atoms with van der Waals surface area (Å²) in [6, 6.07) is 14.1. The van der Waals surface area contributed by atoms with E-state index in [0.717, 1.165) is 16.8 Å². The summed E-state index contributed by atoms with van der Waals surface area (Å²) in [5, 5.41) is 22.7. The molecule has 0 unspecified atom stereocenters. The molecule has 126 valence electrons. The summed E-state index contributed by atoms with van der Waals surface area (Å²) >= 11 is 0. The first-order valence-electron chi connectivity index (χ1n) is 7.48. The third kappa shape index (κ3) is 4.42. The minimum Gasteiger partial charge on any atom is -0.382 e. The van der Waals surface area contributed by atoms with Crippen molar-refractivity contribution in [1.82, 2.24) is 0 Å². The molecular formula is C18H18N6O. The second-order valence-corrected chi connectivity index (χ2v) is 5.38. The van der Waals surface area contributed by atoms with Crippen molar-refractivity contribution in [2.45, 2.75) is 13.8 Å². The fourth-order valence-corrected chi connectivity index (χ4v) is 2.08. The first-order valence-corrected chi connectivity index (χ1v) is 7.48. The van der Waals surface area contributed by atoms with Crippen LogP contribution in [0.3, 0.4) is 0 Å². The van der Waals surface area contributed by atoms with Gasteiger partial charge in [0.2, 0.25) is 5.71 Å². The molecule has 2 rings (SSSR count). The van der Waals surface area contributed by atoms with Gasteiger partial charge in [-0.05, 0) is 49.2 Å². The van der Waals surface area contributed by atoms with Gasteiger partial charge in [-0.1, -0.05) is 18.2 Å². The van der Waals surface area contributed by atoms with Gasteiger partial charge >= 0.3 is 0 Å². The van der Waals surface area contributed by atoms with Gasteiger partial charge in [-0.25, -0.2) is 0 Å². The second kappa shape index (κ2) is 7.75. The molecular weight excluding hydrogens is 316 g/mol. The maximum Gasteiger partial charge on any atom is 0.255 e. The van der Waals surface area contributed by atoms with Crippen LogP contribution in [-0.2, 0) is 0 Å². The van der Waals surface area contributed by atoms with E-state index in [9.17, 15) is 4.79 Å². The van der Waals surface area contributed by atoms with Crippen molar-refractivity contribution >= 4 is 28.8 Å². The number of amides is 1. The predicted molar refractivity (Wildman–Crippen MR) is 98.9 cm³/mol. The fraction of sp³-hybridized carbons (Fsp3) is 0.111. The topological polar surface area (TPSA) is 127 Å². The maximum absolute atomic E-state index is 12.5. The van der Waals surface area contributed by atoms with Crippen LogP contribution in [0, 0.1) is 30.6 Å². The van der Waals surface area contributed by atoms with Crippen molar-refractivity contribution in [3.05, 3.63) is 59.2 Å². The second-order valence-electron chi connectivity index (χ2n) is 5.38. The standard InChI is InChI=1S/C18H18N6O/c1-11-5-3-8-15(12(11)2)22-18(25)13-6-4-7-14(9-13)23-24-16(10-19)17(20)21/h3-9,23H,1-2H3,(H3,20,21)(H,22,25)/b24-16+. The van der Waals surface area contributed by atoms with Gasteiger partial charge in [-0.2, -0.15) is 10.4 Å². The highest BCUT2D eigenvalue weighted by atomic mass is 16.1. The number of amidine groups is 1. The highest BCUT2D eigenvalue weighted by Gasteiger charge is 2.09. The zero-order valence-electron chi connectivity index (χ0n) is 13.9. The van der Waals surface area contributed by atoms with Gasteiger partial charge in [0.15, 0.2) is 5.84 Å². The van der Waals surface area contributed by atoms with Crippen LogP contribution in [0.5, 0.6) is 0 Å². The molecule has 0 aliphatic carbocycles. The number of carbonyl (C=O) groups excluding carboxylic acids is 1. The van der Waals surface area contributed by atoms with Crippen molar-refractivity contribution < 1.29 is 4.79 Å². The number of carbonyl (C=O) groups is 1. The zero-order chi connectivity index (χ0) is 18.4. The smallest absolute Gasteiger partial charge is 0.255 e. The third-order valence-electron chi connectivity index (χ3n) is 3.64. The minimum absolute atomic E-state index is 0.231. The Bertz CT molecular complexity index is 895. The summed E-state index contributed by atoms with van der Waals surface area (Å²) in [5.74, 6) is -0.688. The van der Waals surface area contributed by atoms with Crippen molar-refractivity contribution in [2.75, 3.05) is 10.7 Å². The molecule has 0 aliphatic rings. The van der Waals surface area contributed by atoms with Crippen LogP contribution in [0.2, 0.25) is 0 Å². The molecule has 1 amide bonds. The van der Waals surface area contributed by atoms with Crippen molar-refractivity contribution in [1.29, 1.82) is 10.7 Å². The average molecular weight is 334 g/mol. The Morgan fingerprint density at radius 3 is 2.64 bits per heavy atom. The molecule has 0 aliphatic heterocycles. The Kier molecular flexibility index (Phi) is 5.48. The number of hydrazone groups is 1. The summed E-state index contributed by atoms with van der Waals surface area (Å²) in [4.78, 5) is 12.5. The highest BCUT2D eigenvalue weighted by molar-refractivity contribution is 6.45. The molecule has 0 saturated carbocycles. The van der Waals surface area contributed by atoms with Crippen LogP contribution in [0.1, 0.15) is 21.5 Å². The molecule has 7 nitrogen and oxygen atoms in total. The number of nitrogens with zero attached hydrogens (tertiary/aromatic N) is 2. The fourth-order valence-electron chi connectivity index (χ4n) is 2.08. The number of nitriles is 1. The molecule has 2 aromatic rings. The summed E-state index contributed by atoms with van der Waals surface area (Å²) in [7, 11) is 0. The zero-order valence-corrected chi connectivity index (χ0v) is 13.9. The summed E-state index contributed by atoms with van der Waals surface area (Å²) in [6.07, 6.45) is 0. The lowest BCUT2D eigenvalue weighted by Crippen LogP contribution is -2.21. The van der Waals surface area contributed by atoms with E-state index >= 15 is 0 Å². The number of hydrogen-bond donors (Lipinski definition) is 4. The lowest BCUT2D eigenvalue weighted by Gasteiger charge is -2.11. The van der Waals surface area contributed by atoms with Crippen molar-refractivity contribution in [3.63, 3.8) is 0 Å². The van der Waals surface area contributed by atoms with Crippen LogP contribution in [0.15, 0.2) is 47.6 Å². The van der Waals surface area contributed by atoms with Crippen LogP contribution in [0.25, 0.3) is 0 Å². The number of benzene rings is 2. The number of nitrogens with one attached hydrogen (secondary N) is 3. The Labute approximate surface area is 145 Å². The quantitative estimate of drug-likeness (QED) is 0.381. The van der Waals surface area contributed by atoms with E-state index in [2.05, 4.69) is 15.8 Å². The van der Waals surface area contributed by atoms with E-state index in [1.54, 1.807) is 30.3 Å². The van der Waals surface area contributed by atoms with E-state index in [1.165, 1.54) is 0 Å². The van der Waals surface area contributed by atoms with E-state index in [-0.39, 0.29) is 11.6 Å². The lowest BCUT2D eigenvalue weighted by molar-refractivity contribution is 0.102. The van der Waals surface area contributed by atoms with Crippen LogP contribution in [0.4, 0.5) is 11.4 Å². The van der Waals surface area contributed by atoms with Gasteiger partial charge in [-0.15, -0.1) is 0 Å². The Hall–Kier alpha value is -3.66. The Morgan fingerprint density at radius 2 is 1.96 bits per heavy atom. The highest BCUT2D eigenvalue weighted by Crippen LogP contribution is 2.19. The van der Waals surface area contributed by atoms with Gasteiger partial charge in [0.1, 0.15) is 6.07 Å². The van der Waals surface area contributed by atoms with Crippen LogP contribution >= 0.6 is 0 Å². The largest absolute Gasteiger partial charge is 0.382 e. The summed E-state index contributed by atoms with van der Waals surface area (Å²) in [6.45, 7) is 3.93. The molecule has 7 heteroatoms. The Balaban J connectivity index is 2.18. The number of nitrogens with two attached hydrogens (primary N) is 1.